The molecule has 0 amide bonds. The van der Waals surface area contributed by atoms with E-state index in [1.165, 1.54) is 44.9 Å². The summed E-state index contributed by atoms with van der Waals surface area (Å²) >= 11 is 0. The molecule has 10 atom stereocenters. The van der Waals surface area contributed by atoms with E-state index < -0.39 is 16.3 Å². The third kappa shape index (κ3) is 4.04. The summed E-state index contributed by atoms with van der Waals surface area (Å²) in [6.07, 6.45) is 13.0. The number of rotatable bonds is 3. The van der Waals surface area contributed by atoms with Crippen LogP contribution < -0.4 is 0 Å². The van der Waals surface area contributed by atoms with Gasteiger partial charge in [0.15, 0.2) is 5.78 Å². The first-order valence-electron chi connectivity index (χ1n) is 16.9. The molecule has 0 heterocycles. The molecule has 0 aliphatic heterocycles. The zero-order valence-electron chi connectivity index (χ0n) is 28.0. The SMILES string of the molecule is COC(=O)[C@@]1(C)C(=O)/C(=C/c2ccc([N+](=O)[O-])cc2)C[C@]2(C)[C@H]3CC=C4[C@@H]5[C@@H](C)[C@H](C)CC[C@]5(C)CC[C@@]4(C)[C@]3(C)CC[C@@H]12. The first-order chi connectivity index (χ1) is 20.6. The van der Waals surface area contributed by atoms with E-state index in [2.05, 4.69) is 47.6 Å². The number of hydrogen-bond acceptors (Lipinski definition) is 5. The van der Waals surface area contributed by atoms with Gasteiger partial charge in [-0.2, -0.15) is 0 Å². The molecule has 0 radical (unpaired) electrons. The molecule has 5 aliphatic carbocycles. The lowest BCUT2D eigenvalue weighted by Gasteiger charge is -2.71. The maximum atomic E-state index is 14.3. The van der Waals surface area contributed by atoms with E-state index in [9.17, 15) is 19.7 Å². The number of esters is 1. The Hall–Kier alpha value is -2.76. The molecule has 6 heteroatoms. The first-order valence-corrected chi connectivity index (χ1v) is 16.9. The molecule has 5 aliphatic rings. The van der Waals surface area contributed by atoms with E-state index in [0.29, 0.717) is 35.2 Å². The molecule has 238 valence electrons. The van der Waals surface area contributed by atoms with Gasteiger partial charge < -0.3 is 4.74 Å². The lowest BCUT2D eigenvalue weighted by molar-refractivity contribution is -0.384. The van der Waals surface area contributed by atoms with Crippen molar-refractivity contribution in [2.75, 3.05) is 7.11 Å². The molecule has 0 aromatic heterocycles. The predicted molar refractivity (Wildman–Crippen MR) is 172 cm³/mol. The summed E-state index contributed by atoms with van der Waals surface area (Å²) in [7, 11) is 1.39. The van der Waals surface area contributed by atoms with Crippen LogP contribution in [0.3, 0.4) is 0 Å². The molecule has 1 aromatic rings. The van der Waals surface area contributed by atoms with Crippen molar-refractivity contribution in [1.29, 1.82) is 0 Å². The van der Waals surface area contributed by atoms with Crippen LogP contribution in [0.25, 0.3) is 6.08 Å². The van der Waals surface area contributed by atoms with Gasteiger partial charge in [-0.05, 0) is 139 Å². The monoisotopic (exact) mass is 601 g/mol. The van der Waals surface area contributed by atoms with Crippen LogP contribution >= 0.6 is 0 Å². The van der Waals surface area contributed by atoms with Gasteiger partial charge in [0.05, 0.1) is 12.0 Å². The molecule has 0 saturated heterocycles. The molecule has 6 rings (SSSR count). The predicted octanol–water partition coefficient (Wildman–Crippen LogP) is 8.99. The molecule has 0 N–H and O–H groups in total. The Balaban J connectivity index is 1.46. The normalized spacial score (nSPS) is 45.7. The molecule has 44 heavy (non-hydrogen) atoms. The van der Waals surface area contributed by atoms with Crippen molar-refractivity contribution in [2.24, 2.45) is 56.7 Å². The quantitative estimate of drug-likeness (QED) is 0.0862. The van der Waals surface area contributed by atoms with Crippen molar-refractivity contribution in [1.82, 2.24) is 0 Å². The standard InChI is InChI=1S/C38H51NO5/c1-23-15-17-34(3)19-20-36(5)28(31(34)24(23)2)13-14-29-35(4)22-26(21-25-9-11-27(12-10-25)39(42)43)32(40)38(7,33(41)44-8)30(35)16-18-37(29,36)6/h9-13,21,23-24,29-31H,14-20,22H2,1-8H3/b26-21+/t23-,24+,29-,30-,31+,34-,35-,36-,37-,38-/m1/s1. The van der Waals surface area contributed by atoms with E-state index in [0.717, 1.165) is 30.7 Å². The number of allylic oxidation sites excluding steroid dienone is 3. The Morgan fingerprint density at radius 2 is 1.66 bits per heavy atom. The number of nitro groups is 1. The summed E-state index contributed by atoms with van der Waals surface area (Å²) in [5, 5.41) is 11.2. The Morgan fingerprint density at radius 3 is 2.30 bits per heavy atom. The number of ketones is 1. The summed E-state index contributed by atoms with van der Waals surface area (Å²) < 4.78 is 5.38. The van der Waals surface area contributed by atoms with E-state index in [1.54, 1.807) is 17.7 Å². The fourth-order valence-corrected chi connectivity index (χ4v) is 11.9. The third-order valence-corrected chi connectivity index (χ3v) is 14.7. The molecule has 0 spiro atoms. The third-order valence-electron chi connectivity index (χ3n) is 14.7. The van der Waals surface area contributed by atoms with Gasteiger partial charge >= 0.3 is 5.97 Å². The zero-order chi connectivity index (χ0) is 32.0. The smallest absolute Gasteiger partial charge is 0.319 e. The highest BCUT2D eigenvalue weighted by atomic mass is 16.6. The van der Waals surface area contributed by atoms with Crippen molar-refractivity contribution in [3.05, 3.63) is 57.2 Å². The van der Waals surface area contributed by atoms with Crippen LogP contribution in [0, 0.1) is 66.8 Å². The highest BCUT2D eigenvalue weighted by molar-refractivity contribution is 6.15. The second-order valence-electron chi connectivity index (χ2n) is 16.5. The van der Waals surface area contributed by atoms with E-state index in [-0.39, 0.29) is 33.6 Å². The van der Waals surface area contributed by atoms with Crippen molar-refractivity contribution in [3.63, 3.8) is 0 Å². The van der Waals surface area contributed by atoms with Gasteiger partial charge in [-0.15, -0.1) is 0 Å². The largest absolute Gasteiger partial charge is 0.468 e. The number of Topliss-reactive ketones (excluding diaryl/α,β-unsaturated/α-hetero) is 1. The number of hydrogen-bond donors (Lipinski definition) is 0. The van der Waals surface area contributed by atoms with Gasteiger partial charge in [0.1, 0.15) is 5.41 Å². The lowest BCUT2D eigenvalue weighted by Crippen LogP contribution is -2.66. The number of benzene rings is 1. The summed E-state index contributed by atoms with van der Waals surface area (Å²) in [6, 6.07) is 6.32. The van der Waals surface area contributed by atoms with Gasteiger partial charge in [-0.3, -0.25) is 19.7 Å². The van der Waals surface area contributed by atoms with Gasteiger partial charge in [-0.1, -0.05) is 53.2 Å². The summed E-state index contributed by atoms with van der Waals surface area (Å²) in [5.41, 5.74) is 1.98. The maximum absolute atomic E-state index is 14.3. The van der Waals surface area contributed by atoms with Gasteiger partial charge in [0.25, 0.3) is 5.69 Å². The molecule has 6 nitrogen and oxygen atoms in total. The number of methoxy groups -OCH3 is 1. The van der Waals surface area contributed by atoms with Crippen molar-refractivity contribution in [2.45, 2.75) is 99.8 Å². The van der Waals surface area contributed by atoms with Crippen LogP contribution in [-0.2, 0) is 14.3 Å². The fraction of sp³-hybridized carbons (Fsp3) is 0.684. The second-order valence-corrected chi connectivity index (χ2v) is 16.5. The van der Waals surface area contributed by atoms with Crippen molar-refractivity contribution in [3.8, 4) is 0 Å². The Kier molecular flexibility index (Phi) is 7.18. The maximum Gasteiger partial charge on any atom is 0.319 e. The number of carbonyl (C=O) groups excluding carboxylic acids is 2. The lowest BCUT2D eigenvalue weighted by atomic mass is 9.33. The van der Waals surface area contributed by atoms with Crippen LogP contribution in [0.5, 0.6) is 0 Å². The Bertz CT molecular complexity index is 1460. The molecule has 1 aromatic carbocycles. The van der Waals surface area contributed by atoms with Crippen molar-refractivity contribution >= 4 is 23.5 Å². The molecular weight excluding hydrogens is 550 g/mol. The second kappa shape index (κ2) is 10.1. The fourth-order valence-electron chi connectivity index (χ4n) is 11.9. The average Bonchev–Trinajstić information content (AvgIpc) is 2.98. The zero-order valence-corrected chi connectivity index (χ0v) is 28.0. The van der Waals surface area contributed by atoms with Crippen molar-refractivity contribution < 1.29 is 19.2 Å². The summed E-state index contributed by atoms with van der Waals surface area (Å²) in [6.45, 7) is 16.8. The number of nitrogens with zero attached hydrogens (tertiary/aromatic N) is 1. The Morgan fingerprint density at radius 1 is 0.977 bits per heavy atom. The Labute approximate surface area is 263 Å². The number of non-ortho nitro benzene ring substituents is 1. The van der Waals surface area contributed by atoms with Crippen LogP contribution in [-0.4, -0.2) is 23.8 Å². The molecule has 0 unspecified atom stereocenters. The van der Waals surface area contributed by atoms with Crippen LogP contribution in [0.1, 0.15) is 105 Å². The average molecular weight is 602 g/mol. The number of nitro benzene ring substituents is 1. The molecular formula is C38H51NO5. The highest BCUT2D eigenvalue weighted by Gasteiger charge is 2.70. The minimum absolute atomic E-state index is 0.0138. The van der Waals surface area contributed by atoms with Gasteiger partial charge in [-0.25, -0.2) is 0 Å². The molecule has 4 fully saturated rings. The number of carbonyl (C=O) groups is 2. The summed E-state index contributed by atoms with van der Waals surface area (Å²) in [5.74, 6) is 1.58. The van der Waals surface area contributed by atoms with Gasteiger partial charge in [0, 0.05) is 12.1 Å². The van der Waals surface area contributed by atoms with Crippen LogP contribution in [0.15, 0.2) is 41.5 Å². The van der Waals surface area contributed by atoms with E-state index in [4.69, 9.17) is 4.74 Å². The first kappa shape index (κ1) is 31.2. The molecule has 0 bridgehead atoms. The number of fused-ring (bicyclic) bond motifs is 7. The number of ether oxygens (including phenoxy) is 1. The van der Waals surface area contributed by atoms with Crippen LogP contribution in [0.2, 0.25) is 0 Å². The summed E-state index contributed by atoms with van der Waals surface area (Å²) in [4.78, 5) is 38.8. The van der Waals surface area contributed by atoms with Crippen LogP contribution in [0.4, 0.5) is 5.69 Å². The molecule has 4 saturated carbocycles. The van der Waals surface area contributed by atoms with Gasteiger partial charge in [0.2, 0.25) is 0 Å². The highest BCUT2D eigenvalue weighted by Crippen LogP contribution is 2.75. The minimum Gasteiger partial charge on any atom is -0.468 e. The minimum atomic E-state index is -1.28. The van der Waals surface area contributed by atoms with E-state index in [1.807, 2.05) is 13.0 Å². The van der Waals surface area contributed by atoms with E-state index >= 15 is 0 Å². The topological polar surface area (TPSA) is 86.5 Å².